The van der Waals surface area contributed by atoms with E-state index in [4.69, 9.17) is 0 Å². The fourth-order valence-electron chi connectivity index (χ4n) is 0.907. The lowest BCUT2D eigenvalue weighted by Crippen LogP contribution is -1.89. The number of aromatic nitrogens is 3. The molecule has 0 saturated heterocycles. The van der Waals surface area contributed by atoms with Crippen molar-refractivity contribution in [1.82, 2.24) is 14.6 Å². The van der Waals surface area contributed by atoms with Crippen LogP contribution < -0.4 is 0 Å². The van der Waals surface area contributed by atoms with Crippen LogP contribution in [0.2, 0.25) is 0 Å². The highest BCUT2D eigenvalue weighted by molar-refractivity contribution is 5.35. The highest BCUT2D eigenvalue weighted by atomic mass is 15.2. The van der Waals surface area contributed by atoms with Gasteiger partial charge in [-0.2, -0.15) is 5.10 Å². The molecule has 2 aromatic rings. The minimum absolute atomic E-state index is 0.903. The SMILES string of the molecule is CC=CC.Cc1ccn2nccc2n1. The number of hydrogen-bond acceptors (Lipinski definition) is 2. The maximum Gasteiger partial charge on any atom is 0.155 e. The predicted octanol–water partition coefficient (Wildman–Crippen LogP) is 2.62. The van der Waals surface area contributed by atoms with E-state index in [9.17, 15) is 0 Å². The molecule has 0 fully saturated rings. The second-order valence-corrected chi connectivity index (χ2v) is 2.87. The zero-order valence-corrected chi connectivity index (χ0v) is 8.81. The second-order valence-electron chi connectivity index (χ2n) is 2.87. The monoisotopic (exact) mass is 189 g/mol. The average Bonchev–Trinajstić information content (AvgIpc) is 2.65. The quantitative estimate of drug-likeness (QED) is 0.596. The van der Waals surface area contributed by atoms with Crippen LogP contribution in [0.25, 0.3) is 5.65 Å². The third kappa shape index (κ3) is 2.69. The van der Waals surface area contributed by atoms with Crippen molar-refractivity contribution >= 4 is 5.65 Å². The smallest absolute Gasteiger partial charge is 0.155 e. The van der Waals surface area contributed by atoms with Crippen LogP contribution in [0.1, 0.15) is 19.5 Å². The molecule has 0 aliphatic heterocycles. The van der Waals surface area contributed by atoms with Gasteiger partial charge in [0.2, 0.25) is 0 Å². The second kappa shape index (κ2) is 5.17. The molecule has 0 bridgehead atoms. The van der Waals surface area contributed by atoms with Crippen molar-refractivity contribution < 1.29 is 0 Å². The van der Waals surface area contributed by atoms with Crippen LogP contribution in [0, 0.1) is 6.92 Å². The number of rotatable bonds is 0. The van der Waals surface area contributed by atoms with Crippen molar-refractivity contribution in [3.63, 3.8) is 0 Å². The Morgan fingerprint density at radius 1 is 1.21 bits per heavy atom. The lowest BCUT2D eigenvalue weighted by molar-refractivity contribution is 0.929. The van der Waals surface area contributed by atoms with E-state index in [-0.39, 0.29) is 0 Å². The minimum Gasteiger partial charge on any atom is -0.234 e. The molecule has 0 atom stereocenters. The number of aryl methyl sites for hydroxylation is 1. The minimum atomic E-state index is 0.903. The molecule has 3 nitrogen and oxygen atoms in total. The summed E-state index contributed by atoms with van der Waals surface area (Å²) in [5.41, 5.74) is 1.92. The first-order valence-electron chi connectivity index (χ1n) is 4.62. The molecule has 14 heavy (non-hydrogen) atoms. The molecule has 2 rings (SSSR count). The zero-order chi connectivity index (χ0) is 10.4. The van der Waals surface area contributed by atoms with Gasteiger partial charge in [-0.1, -0.05) is 12.2 Å². The topological polar surface area (TPSA) is 30.2 Å². The van der Waals surface area contributed by atoms with E-state index in [1.165, 1.54) is 0 Å². The van der Waals surface area contributed by atoms with Gasteiger partial charge in [0.05, 0.1) is 6.20 Å². The van der Waals surface area contributed by atoms with Crippen LogP contribution in [0.3, 0.4) is 0 Å². The summed E-state index contributed by atoms with van der Waals surface area (Å²) in [4.78, 5) is 4.24. The first-order valence-corrected chi connectivity index (χ1v) is 4.62. The molecule has 3 heteroatoms. The van der Waals surface area contributed by atoms with E-state index in [1.807, 2.05) is 51.3 Å². The number of allylic oxidation sites excluding steroid dienone is 2. The van der Waals surface area contributed by atoms with E-state index in [0.29, 0.717) is 0 Å². The van der Waals surface area contributed by atoms with Gasteiger partial charge < -0.3 is 0 Å². The number of hydrogen-bond donors (Lipinski definition) is 0. The fourth-order valence-corrected chi connectivity index (χ4v) is 0.907. The normalized spacial score (nSPS) is 10.2. The van der Waals surface area contributed by atoms with E-state index >= 15 is 0 Å². The highest BCUT2D eigenvalue weighted by Gasteiger charge is 1.91. The van der Waals surface area contributed by atoms with E-state index in [2.05, 4.69) is 10.1 Å². The Morgan fingerprint density at radius 2 is 1.93 bits per heavy atom. The van der Waals surface area contributed by atoms with Gasteiger partial charge in [0.25, 0.3) is 0 Å². The molecule has 0 unspecified atom stereocenters. The largest absolute Gasteiger partial charge is 0.234 e. The van der Waals surface area contributed by atoms with Gasteiger partial charge in [0.1, 0.15) is 0 Å². The van der Waals surface area contributed by atoms with E-state index in [1.54, 1.807) is 10.7 Å². The third-order valence-electron chi connectivity index (χ3n) is 1.73. The van der Waals surface area contributed by atoms with Gasteiger partial charge in [-0.15, -0.1) is 0 Å². The van der Waals surface area contributed by atoms with Crippen LogP contribution in [0.4, 0.5) is 0 Å². The molecule has 0 spiro atoms. The van der Waals surface area contributed by atoms with E-state index in [0.717, 1.165) is 11.3 Å². The molecule has 2 aromatic heterocycles. The standard InChI is InChI=1S/C7H7N3.C4H8/c1-6-3-5-10-7(9-6)2-4-8-10;1-3-4-2/h2-5H,1H3;3-4H,1-2H3. The summed E-state index contributed by atoms with van der Waals surface area (Å²) < 4.78 is 1.74. The first kappa shape index (κ1) is 10.4. The fraction of sp³-hybridized carbons (Fsp3) is 0.273. The predicted molar refractivity (Wildman–Crippen MR) is 58.2 cm³/mol. The number of nitrogens with zero attached hydrogens (tertiary/aromatic N) is 3. The summed E-state index contributed by atoms with van der Waals surface area (Å²) in [5, 5.41) is 4.01. The Kier molecular flexibility index (Phi) is 3.85. The first-order chi connectivity index (χ1) is 6.77. The molecule has 0 aliphatic rings. The summed E-state index contributed by atoms with van der Waals surface area (Å²) in [7, 11) is 0. The maximum atomic E-state index is 4.24. The summed E-state index contributed by atoms with van der Waals surface area (Å²) in [6, 6.07) is 3.81. The van der Waals surface area contributed by atoms with Crippen LogP contribution in [0.15, 0.2) is 36.7 Å². The van der Waals surface area contributed by atoms with Crippen LogP contribution >= 0.6 is 0 Å². The molecule has 0 N–H and O–H groups in total. The molecule has 0 amide bonds. The average molecular weight is 189 g/mol. The van der Waals surface area contributed by atoms with Crippen molar-refractivity contribution in [2.45, 2.75) is 20.8 Å². The summed E-state index contributed by atoms with van der Waals surface area (Å²) in [6.45, 7) is 5.97. The molecule has 74 valence electrons. The summed E-state index contributed by atoms with van der Waals surface area (Å²) in [5.74, 6) is 0. The summed E-state index contributed by atoms with van der Waals surface area (Å²) >= 11 is 0. The van der Waals surface area contributed by atoms with Crippen molar-refractivity contribution in [1.29, 1.82) is 0 Å². The lowest BCUT2D eigenvalue weighted by Gasteiger charge is -1.91. The van der Waals surface area contributed by atoms with Crippen molar-refractivity contribution in [2.75, 3.05) is 0 Å². The molecular formula is C11H15N3. The lowest BCUT2D eigenvalue weighted by atomic mass is 10.4. The molecule has 0 saturated carbocycles. The Bertz CT molecular complexity index is 411. The molecular weight excluding hydrogens is 174 g/mol. The van der Waals surface area contributed by atoms with Gasteiger partial charge in [0, 0.05) is 18.0 Å². The van der Waals surface area contributed by atoms with Crippen LogP contribution in [-0.4, -0.2) is 14.6 Å². The van der Waals surface area contributed by atoms with Gasteiger partial charge in [-0.25, -0.2) is 9.50 Å². The maximum absolute atomic E-state index is 4.24. The molecule has 0 radical (unpaired) electrons. The van der Waals surface area contributed by atoms with E-state index < -0.39 is 0 Å². The summed E-state index contributed by atoms with van der Waals surface area (Å²) in [6.07, 6.45) is 7.64. The van der Waals surface area contributed by atoms with Gasteiger partial charge in [0.15, 0.2) is 5.65 Å². The molecule has 2 heterocycles. The number of fused-ring (bicyclic) bond motifs is 1. The van der Waals surface area contributed by atoms with Crippen molar-refractivity contribution in [2.24, 2.45) is 0 Å². The van der Waals surface area contributed by atoms with Gasteiger partial charge in [-0.05, 0) is 26.8 Å². The molecule has 0 aromatic carbocycles. The zero-order valence-electron chi connectivity index (χ0n) is 8.81. The van der Waals surface area contributed by atoms with Crippen LogP contribution in [-0.2, 0) is 0 Å². The van der Waals surface area contributed by atoms with Crippen molar-refractivity contribution in [3.8, 4) is 0 Å². The Balaban J connectivity index is 0.000000213. The van der Waals surface area contributed by atoms with Crippen molar-refractivity contribution in [3.05, 3.63) is 42.4 Å². The Hall–Kier alpha value is -1.64. The molecule has 0 aliphatic carbocycles. The third-order valence-corrected chi connectivity index (χ3v) is 1.73. The Labute approximate surface area is 84.1 Å². The van der Waals surface area contributed by atoms with Crippen LogP contribution in [0.5, 0.6) is 0 Å². The van der Waals surface area contributed by atoms with Gasteiger partial charge in [-0.3, -0.25) is 0 Å². The van der Waals surface area contributed by atoms with Gasteiger partial charge >= 0.3 is 0 Å². The Morgan fingerprint density at radius 3 is 2.57 bits per heavy atom. The highest BCUT2D eigenvalue weighted by Crippen LogP contribution is 1.98.